The molecule has 2 N–H and O–H groups in total. The molecule has 0 aromatic heterocycles. The molecule has 0 heterocycles. The first-order chi connectivity index (χ1) is 7.67. The lowest BCUT2D eigenvalue weighted by Crippen LogP contribution is -2.19. The minimum Gasteiger partial charge on any atom is -0.330 e. The van der Waals surface area contributed by atoms with Crippen molar-refractivity contribution in [1.29, 1.82) is 0 Å². The van der Waals surface area contributed by atoms with Gasteiger partial charge in [0.2, 0.25) is 0 Å². The Morgan fingerprint density at radius 2 is 2.00 bits per heavy atom. The first-order valence-electron chi connectivity index (χ1n) is 6.10. The summed E-state index contributed by atoms with van der Waals surface area (Å²) in [5, 5.41) is 0. The van der Waals surface area contributed by atoms with Gasteiger partial charge in [0.05, 0.1) is 0 Å². The van der Waals surface area contributed by atoms with Gasteiger partial charge >= 0.3 is 0 Å². The van der Waals surface area contributed by atoms with E-state index in [-0.39, 0.29) is 0 Å². The molecule has 1 rings (SSSR count). The quantitative estimate of drug-likeness (QED) is 0.839. The summed E-state index contributed by atoms with van der Waals surface area (Å²) in [5.74, 6) is 1.38. The summed E-state index contributed by atoms with van der Waals surface area (Å²) in [5.41, 5.74) is 7.23. The predicted octanol–water partition coefficient (Wildman–Crippen LogP) is 4.00. The third-order valence-electron chi connectivity index (χ3n) is 3.23. The molecule has 0 saturated heterocycles. The normalized spacial score (nSPS) is 14.8. The highest BCUT2D eigenvalue weighted by molar-refractivity contribution is 9.10. The van der Waals surface area contributed by atoms with Crippen molar-refractivity contribution < 1.29 is 0 Å². The molecule has 1 aromatic rings. The molecule has 90 valence electrons. The SMILES string of the molecule is CCC(C)CC(CN)Cc1ccccc1Br. The molecule has 0 bridgehead atoms. The summed E-state index contributed by atoms with van der Waals surface area (Å²) < 4.78 is 1.21. The average molecular weight is 284 g/mol. The van der Waals surface area contributed by atoms with Gasteiger partial charge in [-0.1, -0.05) is 54.4 Å². The number of rotatable bonds is 6. The first kappa shape index (κ1) is 13.7. The number of benzene rings is 1. The molecule has 16 heavy (non-hydrogen) atoms. The first-order valence-corrected chi connectivity index (χ1v) is 6.90. The second-order valence-corrected chi connectivity index (χ2v) is 5.50. The largest absolute Gasteiger partial charge is 0.330 e. The van der Waals surface area contributed by atoms with E-state index in [0.29, 0.717) is 5.92 Å². The molecule has 0 radical (unpaired) electrons. The highest BCUT2D eigenvalue weighted by atomic mass is 79.9. The van der Waals surface area contributed by atoms with Crippen molar-refractivity contribution in [2.24, 2.45) is 17.6 Å². The smallest absolute Gasteiger partial charge is 0.0207 e. The standard InChI is InChI=1S/C14H22BrN/c1-3-11(2)8-12(10-16)9-13-6-4-5-7-14(13)15/h4-7,11-12H,3,8-10,16H2,1-2H3. The van der Waals surface area contributed by atoms with Crippen LogP contribution in [0.2, 0.25) is 0 Å². The summed E-state index contributed by atoms with van der Waals surface area (Å²) in [7, 11) is 0. The topological polar surface area (TPSA) is 26.0 Å². The summed E-state index contributed by atoms with van der Waals surface area (Å²) in [6, 6.07) is 8.44. The van der Waals surface area contributed by atoms with Gasteiger partial charge in [0.1, 0.15) is 0 Å². The number of hydrogen-bond donors (Lipinski definition) is 1. The van der Waals surface area contributed by atoms with E-state index in [0.717, 1.165) is 18.9 Å². The van der Waals surface area contributed by atoms with Crippen molar-refractivity contribution in [3.63, 3.8) is 0 Å². The molecule has 0 amide bonds. The van der Waals surface area contributed by atoms with E-state index in [1.807, 2.05) is 0 Å². The Kier molecular flexibility index (Phi) is 6.07. The van der Waals surface area contributed by atoms with E-state index in [4.69, 9.17) is 5.73 Å². The van der Waals surface area contributed by atoms with E-state index in [2.05, 4.69) is 54.0 Å². The molecule has 0 aliphatic carbocycles. The lowest BCUT2D eigenvalue weighted by Gasteiger charge is -2.19. The van der Waals surface area contributed by atoms with Crippen molar-refractivity contribution in [3.8, 4) is 0 Å². The molecule has 0 fully saturated rings. The second-order valence-electron chi connectivity index (χ2n) is 4.65. The van der Waals surface area contributed by atoms with Gasteiger partial charge in [-0.3, -0.25) is 0 Å². The van der Waals surface area contributed by atoms with Crippen molar-refractivity contribution >= 4 is 15.9 Å². The van der Waals surface area contributed by atoms with E-state index < -0.39 is 0 Å². The molecule has 1 aromatic carbocycles. The maximum absolute atomic E-state index is 5.86. The number of hydrogen-bond acceptors (Lipinski definition) is 1. The highest BCUT2D eigenvalue weighted by Crippen LogP contribution is 2.23. The fourth-order valence-electron chi connectivity index (χ4n) is 1.97. The average Bonchev–Trinajstić information content (AvgIpc) is 2.30. The second kappa shape index (κ2) is 7.08. The van der Waals surface area contributed by atoms with Crippen LogP contribution in [-0.4, -0.2) is 6.54 Å². The Balaban J connectivity index is 2.60. The van der Waals surface area contributed by atoms with Crippen LogP contribution in [0.15, 0.2) is 28.7 Å². The van der Waals surface area contributed by atoms with E-state index >= 15 is 0 Å². The van der Waals surface area contributed by atoms with Crippen molar-refractivity contribution in [1.82, 2.24) is 0 Å². The molecule has 2 atom stereocenters. The van der Waals surface area contributed by atoms with Crippen LogP contribution in [0.5, 0.6) is 0 Å². The fraction of sp³-hybridized carbons (Fsp3) is 0.571. The Morgan fingerprint density at radius 3 is 2.56 bits per heavy atom. The molecular formula is C14H22BrN. The zero-order valence-corrected chi connectivity index (χ0v) is 11.8. The molecule has 0 aliphatic heterocycles. The summed E-state index contributed by atoms with van der Waals surface area (Å²) in [6.07, 6.45) is 3.56. The third kappa shape index (κ3) is 4.26. The third-order valence-corrected chi connectivity index (χ3v) is 4.01. The number of halogens is 1. The van der Waals surface area contributed by atoms with Gasteiger partial charge in [-0.2, -0.15) is 0 Å². The predicted molar refractivity (Wildman–Crippen MR) is 74.5 cm³/mol. The highest BCUT2D eigenvalue weighted by Gasteiger charge is 2.12. The fourth-order valence-corrected chi connectivity index (χ4v) is 2.42. The van der Waals surface area contributed by atoms with Crippen LogP contribution in [0.3, 0.4) is 0 Å². The molecule has 0 spiro atoms. The molecule has 2 heteroatoms. The van der Waals surface area contributed by atoms with Gasteiger partial charge < -0.3 is 5.73 Å². The molecule has 0 saturated carbocycles. The van der Waals surface area contributed by atoms with Crippen LogP contribution in [0.4, 0.5) is 0 Å². The molecule has 2 unspecified atom stereocenters. The molecule has 0 aliphatic rings. The van der Waals surface area contributed by atoms with Gasteiger partial charge in [-0.05, 0) is 42.9 Å². The van der Waals surface area contributed by atoms with Crippen LogP contribution in [0.1, 0.15) is 32.3 Å². The van der Waals surface area contributed by atoms with Crippen LogP contribution in [-0.2, 0) is 6.42 Å². The summed E-state index contributed by atoms with van der Waals surface area (Å²) in [6.45, 7) is 5.34. The minimum absolute atomic E-state index is 0.605. The Hall–Kier alpha value is -0.340. The van der Waals surface area contributed by atoms with E-state index in [1.165, 1.54) is 22.9 Å². The minimum atomic E-state index is 0.605. The Morgan fingerprint density at radius 1 is 1.31 bits per heavy atom. The maximum atomic E-state index is 5.86. The van der Waals surface area contributed by atoms with Crippen LogP contribution < -0.4 is 5.73 Å². The molecule has 1 nitrogen and oxygen atoms in total. The van der Waals surface area contributed by atoms with E-state index in [9.17, 15) is 0 Å². The van der Waals surface area contributed by atoms with Gasteiger partial charge in [-0.15, -0.1) is 0 Å². The maximum Gasteiger partial charge on any atom is 0.0207 e. The zero-order valence-electron chi connectivity index (χ0n) is 10.2. The van der Waals surface area contributed by atoms with Crippen LogP contribution >= 0.6 is 15.9 Å². The Labute approximate surface area is 108 Å². The zero-order chi connectivity index (χ0) is 12.0. The lowest BCUT2D eigenvalue weighted by atomic mass is 9.89. The van der Waals surface area contributed by atoms with Crippen LogP contribution in [0.25, 0.3) is 0 Å². The van der Waals surface area contributed by atoms with Crippen molar-refractivity contribution in [3.05, 3.63) is 34.3 Å². The van der Waals surface area contributed by atoms with Crippen molar-refractivity contribution in [2.45, 2.75) is 33.1 Å². The monoisotopic (exact) mass is 283 g/mol. The van der Waals surface area contributed by atoms with Gasteiger partial charge in [0, 0.05) is 4.47 Å². The van der Waals surface area contributed by atoms with Crippen LogP contribution in [0, 0.1) is 11.8 Å². The van der Waals surface area contributed by atoms with Crippen molar-refractivity contribution in [2.75, 3.05) is 6.54 Å². The molecular weight excluding hydrogens is 262 g/mol. The summed E-state index contributed by atoms with van der Waals surface area (Å²) >= 11 is 3.60. The number of nitrogens with two attached hydrogens (primary N) is 1. The summed E-state index contributed by atoms with van der Waals surface area (Å²) in [4.78, 5) is 0. The van der Waals surface area contributed by atoms with E-state index in [1.54, 1.807) is 0 Å². The van der Waals surface area contributed by atoms with Gasteiger partial charge in [-0.25, -0.2) is 0 Å². The van der Waals surface area contributed by atoms with Gasteiger partial charge in [0.25, 0.3) is 0 Å². The lowest BCUT2D eigenvalue weighted by molar-refractivity contribution is 0.386. The Bertz CT molecular complexity index is 311. The van der Waals surface area contributed by atoms with Gasteiger partial charge in [0.15, 0.2) is 0 Å².